The zero-order valence-corrected chi connectivity index (χ0v) is 15.1. The highest BCUT2D eigenvalue weighted by atomic mass is 35.5. The van der Waals surface area contributed by atoms with Gasteiger partial charge in [0.25, 0.3) is 0 Å². The molecule has 1 aliphatic rings. The number of ether oxygens (including phenoxy) is 1. The van der Waals surface area contributed by atoms with E-state index >= 15 is 0 Å². The van der Waals surface area contributed by atoms with Crippen LogP contribution in [0.1, 0.15) is 40.1 Å². The first-order chi connectivity index (χ1) is 12.3. The first-order valence-electron chi connectivity index (χ1n) is 9.52. The number of halogens is 1. The Labute approximate surface area is 153 Å². The predicted molar refractivity (Wildman–Crippen MR) is 101 cm³/mol. The summed E-state index contributed by atoms with van der Waals surface area (Å²) in [4.78, 5) is 2.23. The highest BCUT2D eigenvalue weighted by Gasteiger charge is 2.30. The Morgan fingerprint density at radius 1 is 1.17 bits per heavy atom. The van der Waals surface area contributed by atoms with Crippen LogP contribution in [0.2, 0.25) is 5.02 Å². The van der Waals surface area contributed by atoms with Gasteiger partial charge in [-0.1, -0.05) is 54.1 Å². The van der Waals surface area contributed by atoms with Crippen molar-refractivity contribution in [2.45, 2.75) is 37.8 Å². The molecule has 1 saturated heterocycles. The normalized spacial score (nSPS) is 22.7. The van der Waals surface area contributed by atoms with Gasteiger partial charge < -0.3 is 9.64 Å². The van der Waals surface area contributed by atoms with Crippen molar-refractivity contribution in [3.63, 3.8) is 0 Å². The molecule has 1 heterocycles. The average molecular weight is 346 g/mol. The molecule has 2 nitrogen and oxygen atoms in total. The van der Waals surface area contributed by atoms with Crippen LogP contribution in [-0.4, -0.2) is 31.1 Å². The summed E-state index contributed by atoms with van der Waals surface area (Å²) in [6, 6.07) is 17.5. The van der Waals surface area contributed by atoms with Gasteiger partial charge in [0.15, 0.2) is 0 Å². The number of hydrogen-bond donors (Lipinski definition) is 0. The highest BCUT2D eigenvalue weighted by Crippen LogP contribution is 2.34. The molecule has 3 heteroatoms. The van der Waals surface area contributed by atoms with Crippen molar-refractivity contribution in [1.29, 1.82) is 0 Å². The highest BCUT2D eigenvalue weighted by molar-refractivity contribution is 6.30. The van der Waals surface area contributed by atoms with Gasteiger partial charge in [0, 0.05) is 17.6 Å². The van der Waals surface area contributed by atoms with Crippen molar-refractivity contribution in [2.24, 2.45) is 0 Å². The second-order valence-corrected chi connectivity index (χ2v) is 7.07. The van der Waals surface area contributed by atoms with Crippen LogP contribution in [0.3, 0.4) is 0 Å². The van der Waals surface area contributed by atoms with Gasteiger partial charge >= 0.3 is 0 Å². The number of likely N-dealkylation sites (tertiary alicyclic amines) is 1. The van der Waals surface area contributed by atoms with Crippen molar-refractivity contribution in [2.75, 3.05) is 20.2 Å². The van der Waals surface area contributed by atoms with Crippen LogP contribution in [-0.2, 0) is 10.3 Å². The van der Waals surface area contributed by atoms with E-state index in [4.69, 9.17) is 19.1 Å². The fourth-order valence-corrected chi connectivity index (χ4v) is 3.45. The van der Waals surface area contributed by atoms with E-state index in [-0.39, 0.29) is 6.04 Å². The minimum atomic E-state index is -1.74. The molecule has 1 aliphatic heterocycles. The van der Waals surface area contributed by atoms with E-state index < -0.39 is 12.2 Å². The van der Waals surface area contributed by atoms with E-state index in [1.165, 1.54) is 0 Å². The fourth-order valence-electron chi connectivity index (χ4n) is 3.33. The van der Waals surface area contributed by atoms with Crippen LogP contribution < -0.4 is 0 Å². The molecule has 0 amide bonds. The molecule has 0 radical (unpaired) electrons. The molecule has 1 fully saturated rings. The minimum Gasteiger partial charge on any atom is -0.366 e. The second-order valence-electron chi connectivity index (χ2n) is 6.63. The maximum atomic E-state index is 8.57. The van der Waals surface area contributed by atoms with E-state index in [1.807, 2.05) is 61.5 Å². The van der Waals surface area contributed by atoms with Gasteiger partial charge in [0.05, 0.1) is 2.74 Å². The summed E-state index contributed by atoms with van der Waals surface area (Å²) >= 11 is 6.05. The molecule has 0 N–H and O–H groups in total. The van der Waals surface area contributed by atoms with Crippen LogP contribution in [0.15, 0.2) is 54.6 Å². The molecular weight excluding hydrogens is 318 g/mol. The summed E-state index contributed by atoms with van der Waals surface area (Å²) in [6.45, 7) is 1.21. The number of nitrogens with zero attached hydrogens (tertiary/aromatic N) is 1. The van der Waals surface area contributed by atoms with Crippen molar-refractivity contribution in [1.82, 2.24) is 4.90 Å². The van der Waals surface area contributed by atoms with E-state index in [0.717, 1.165) is 30.5 Å². The SMILES string of the molecule is [2H]C([2H])(C[C@H]1CCCN1C)O[C@](C)(c1ccccc1)c1ccc(Cl)cc1. The topological polar surface area (TPSA) is 12.5 Å². The molecule has 0 aromatic heterocycles. The molecule has 128 valence electrons. The monoisotopic (exact) mass is 345 g/mol. The third-order valence-corrected chi connectivity index (χ3v) is 5.24. The first kappa shape index (κ1) is 14.9. The quantitative estimate of drug-likeness (QED) is 0.721. The Morgan fingerprint density at radius 2 is 1.83 bits per heavy atom. The van der Waals surface area contributed by atoms with Gasteiger partial charge in [0.2, 0.25) is 0 Å². The molecule has 0 saturated carbocycles. The van der Waals surface area contributed by atoms with Crippen molar-refractivity contribution in [3.8, 4) is 0 Å². The Kier molecular flexibility index (Phi) is 4.79. The number of hydrogen-bond acceptors (Lipinski definition) is 2. The lowest BCUT2D eigenvalue weighted by molar-refractivity contribution is -0.0117. The molecule has 2 atom stereocenters. The lowest BCUT2D eigenvalue weighted by atomic mass is 9.88. The summed E-state index contributed by atoms with van der Waals surface area (Å²) in [5.41, 5.74) is 0.912. The standard InChI is InChI=1S/C21H26ClNO/c1-21(17-7-4-3-5-8-17,18-10-12-19(22)13-11-18)24-16-14-20-9-6-15-23(20)2/h3-5,7-8,10-13,20H,6,9,14-16H2,1-2H3/t20-,21-/m1/s1/i16D2. The Bertz CT molecular complexity index is 723. The fraction of sp³-hybridized carbons (Fsp3) is 0.429. The van der Waals surface area contributed by atoms with Crippen LogP contribution in [0.5, 0.6) is 0 Å². The van der Waals surface area contributed by atoms with Crippen LogP contribution >= 0.6 is 11.6 Å². The smallest absolute Gasteiger partial charge is 0.115 e. The van der Waals surface area contributed by atoms with Gasteiger partial charge in [-0.2, -0.15) is 0 Å². The van der Waals surface area contributed by atoms with Crippen molar-refractivity contribution < 1.29 is 7.48 Å². The molecule has 0 aliphatic carbocycles. The number of rotatable bonds is 6. The maximum Gasteiger partial charge on any atom is 0.115 e. The second kappa shape index (κ2) is 7.69. The van der Waals surface area contributed by atoms with Gasteiger partial charge in [-0.15, -0.1) is 0 Å². The van der Waals surface area contributed by atoms with Crippen LogP contribution in [0.25, 0.3) is 0 Å². The van der Waals surface area contributed by atoms with Gasteiger partial charge in [-0.05, 0) is 63.0 Å². The van der Waals surface area contributed by atoms with Gasteiger partial charge in [-0.3, -0.25) is 0 Å². The van der Waals surface area contributed by atoms with Gasteiger partial charge in [-0.25, -0.2) is 0 Å². The minimum absolute atomic E-state index is 0.218. The molecule has 0 bridgehead atoms. The van der Waals surface area contributed by atoms with E-state index in [9.17, 15) is 0 Å². The van der Waals surface area contributed by atoms with Crippen molar-refractivity contribution in [3.05, 3.63) is 70.7 Å². The lowest BCUT2D eigenvalue weighted by Gasteiger charge is -2.32. The van der Waals surface area contributed by atoms with E-state index in [2.05, 4.69) is 11.9 Å². The molecule has 3 rings (SSSR count). The van der Waals surface area contributed by atoms with Crippen LogP contribution in [0.4, 0.5) is 0 Å². The van der Waals surface area contributed by atoms with Crippen LogP contribution in [0, 0.1) is 0 Å². The van der Waals surface area contributed by atoms with E-state index in [1.54, 1.807) is 0 Å². The molecule has 0 spiro atoms. The summed E-state index contributed by atoms with van der Waals surface area (Å²) in [5.74, 6) is 0. The van der Waals surface area contributed by atoms with Gasteiger partial charge in [0.1, 0.15) is 5.60 Å². The predicted octanol–water partition coefficient (Wildman–Crippen LogP) is 5.10. The summed E-state index contributed by atoms with van der Waals surface area (Å²) in [6.07, 6.45) is 2.49. The molecule has 24 heavy (non-hydrogen) atoms. The largest absolute Gasteiger partial charge is 0.366 e. The third-order valence-electron chi connectivity index (χ3n) is 4.99. The number of benzene rings is 2. The Balaban J connectivity index is 1.92. The molecule has 2 aromatic rings. The lowest BCUT2D eigenvalue weighted by Crippen LogP contribution is -2.31. The first-order valence-corrected chi connectivity index (χ1v) is 8.90. The van der Waals surface area contributed by atoms with E-state index in [0.29, 0.717) is 11.4 Å². The van der Waals surface area contributed by atoms with Crippen molar-refractivity contribution >= 4 is 11.6 Å². The maximum absolute atomic E-state index is 8.57. The Morgan fingerprint density at radius 3 is 2.46 bits per heavy atom. The zero-order chi connectivity index (χ0) is 18.8. The molecule has 0 unspecified atom stereocenters. The molecule has 2 aromatic carbocycles. The summed E-state index contributed by atoms with van der Waals surface area (Å²) in [7, 11) is 2.06. The zero-order valence-electron chi connectivity index (χ0n) is 16.3. The Hall–Kier alpha value is -1.35. The average Bonchev–Trinajstić information content (AvgIpc) is 3.00. The summed E-state index contributed by atoms with van der Waals surface area (Å²) < 4.78 is 23.3. The molecular formula is C21H26ClNO. The third kappa shape index (κ3) is 3.83. The summed E-state index contributed by atoms with van der Waals surface area (Å²) in [5, 5.41) is 0.653.